The molecule has 0 aliphatic carbocycles. The summed E-state index contributed by atoms with van der Waals surface area (Å²) in [7, 11) is 1.80. The summed E-state index contributed by atoms with van der Waals surface area (Å²) in [6, 6.07) is 2.71. The Morgan fingerprint density at radius 1 is 1.25 bits per heavy atom. The molecule has 0 aliphatic heterocycles. The van der Waals surface area contributed by atoms with Crippen LogP contribution in [0.1, 0.15) is 12.5 Å². The van der Waals surface area contributed by atoms with E-state index in [-0.39, 0.29) is 16.9 Å². The van der Waals surface area contributed by atoms with Crippen molar-refractivity contribution in [3.63, 3.8) is 0 Å². The molecule has 0 spiro atoms. The molecule has 0 bridgehead atoms. The van der Waals surface area contributed by atoms with Gasteiger partial charge in [0, 0.05) is 30.3 Å². The number of aryl methyl sites for hydroxylation is 2. The maximum Gasteiger partial charge on any atom is 0.192 e. The minimum atomic E-state index is -0.266. The Morgan fingerprint density at radius 3 is 2.50 bits per heavy atom. The smallest absolute Gasteiger partial charge is 0.192 e. The molecule has 4 heteroatoms. The molecule has 1 aromatic carbocycles. The average molecular weight is 219 g/mol. The van der Waals surface area contributed by atoms with E-state index in [1.165, 1.54) is 12.1 Å². The average Bonchev–Trinajstić information content (AvgIpc) is 2.26. The van der Waals surface area contributed by atoms with E-state index in [0.29, 0.717) is 22.9 Å². The van der Waals surface area contributed by atoms with Gasteiger partial charge in [-0.25, -0.2) is 0 Å². The molecule has 0 saturated carbocycles. The van der Waals surface area contributed by atoms with Gasteiger partial charge in [-0.15, -0.1) is 0 Å². The Hall–Kier alpha value is -1.97. The number of aromatic hydroxyl groups is 2. The van der Waals surface area contributed by atoms with Crippen LogP contribution in [-0.4, -0.2) is 14.8 Å². The number of aromatic nitrogens is 1. The normalized spacial score (nSPS) is 10.9. The SMILES string of the molecule is CCc1cn(C)c2cc(O)c(O)cc2c1=O. The summed E-state index contributed by atoms with van der Waals surface area (Å²) < 4.78 is 1.77. The van der Waals surface area contributed by atoms with Crippen molar-refractivity contribution in [1.82, 2.24) is 4.57 Å². The van der Waals surface area contributed by atoms with Crippen LogP contribution in [0.2, 0.25) is 0 Å². The first-order valence-electron chi connectivity index (χ1n) is 5.08. The molecule has 0 atom stereocenters. The number of phenols is 2. The number of benzene rings is 1. The summed E-state index contributed by atoms with van der Waals surface area (Å²) in [4.78, 5) is 12.0. The number of pyridine rings is 1. The second-order valence-electron chi connectivity index (χ2n) is 3.81. The largest absolute Gasteiger partial charge is 0.504 e. The fourth-order valence-corrected chi connectivity index (χ4v) is 1.83. The van der Waals surface area contributed by atoms with Crippen LogP contribution in [-0.2, 0) is 13.5 Å². The third-order valence-electron chi connectivity index (χ3n) is 2.74. The zero-order valence-electron chi connectivity index (χ0n) is 9.19. The van der Waals surface area contributed by atoms with Gasteiger partial charge in [0.1, 0.15) is 0 Å². The quantitative estimate of drug-likeness (QED) is 0.715. The fourth-order valence-electron chi connectivity index (χ4n) is 1.83. The lowest BCUT2D eigenvalue weighted by atomic mass is 10.1. The number of hydrogen-bond donors (Lipinski definition) is 2. The molecule has 0 unspecified atom stereocenters. The molecule has 16 heavy (non-hydrogen) atoms. The zero-order chi connectivity index (χ0) is 11.9. The van der Waals surface area contributed by atoms with Crippen LogP contribution in [0.25, 0.3) is 10.9 Å². The van der Waals surface area contributed by atoms with Crippen molar-refractivity contribution in [1.29, 1.82) is 0 Å². The van der Waals surface area contributed by atoms with Crippen molar-refractivity contribution < 1.29 is 10.2 Å². The highest BCUT2D eigenvalue weighted by molar-refractivity contribution is 5.83. The van der Waals surface area contributed by atoms with E-state index in [1.807, 2.05) is 6.92 Å². The van der Waals surface area contributed by atoms with Crippen LogP contribution < -0.4 is 5.43 Å². The molecule has 0 amide bonds. The van der Waals surface area contributed by atoms with Crippen LogP contribution in [0.15, 0.2) is 23.1 Å². The third kappa shape index (κ3) is 1.43. The van der Waals surface area contributed by atoms with Gasteiger partial charge in [0.15, 0.2) is 16.9 Å². The molecule has 0 saturated heterocycles. The second-order valence-corrected chi connectivity index (χ2v) is 3.81. The number of fused-ring (bicyclic) bond motifs is 1. The van der Waals surface area contributed by atoms with Crippen LogP contribution in [0.4, 0.5) is 0 Å². The minimum absolute atomic E-state index is 0.0918. The van der Waals surface area contributed by atoms with Gasteiger partial charge in [-0.3, -0.25) is 4.79 Å². The van der Waals surface area contributed by atoms with E-state index < -0.39 is 0 Å². The molecule has 2 aromatic rings. The first-order valence-corrected chi connectivity index (χ1v) is 5.08. The molecular formula is C12H13NO3. The molecule has 1 heterocycles. The van der Waals surface area contributed by atoms with E-state index in [0.717, 1.165) is 0 Å². The number of nitrogens with zero attached hydrogens (tertiary/aromatic N) is 1. The molecule has 0 radical (unpaired) electrons. The first-order chi connectivity index (χ1) is 7.54. The van der Waals surface area contributed by atoms with Crippen LogP contribution in [0.3, 0.4) is 0 Å². The van der Waals surface area contributed by atoms with Gasteiger partial charge in [0.25, 0.3) is 0 Å². The summed E-state index contributed by atoms with van der Waals surface area (Å²) in [5.41, 5.74) is 1.21. The molecule has 0 aliphatic rings. The monoisotopic (exact) mass is 219 g/mol. The van der Waals surface area contributed by atoms with Gasteiger partial charge in [-0.2, -0.15) is 0 Å². The Kier molecular flexibility index (Phi) is 2.34. The lowest BCUT2D eigenvalue weighted by Crippen LogP contribution is -2.12. The number of rotatable bonds is 1. The van der Waals surface area contributed by atoms with Crippen LogP contribution in [0.5, 0.6) is 11.5 Å². The second kappa shape index (κ2) is 3.56. The lowest BCUT2D eigenvalue weighted by molar-refractivity contribution is 0.404. The minimum Gasteiger partial charge on any atom is -0.504 e. The first kappa shape index (κ1) is 10.5. The highest BCUT2D eigenvalue weighted by Gasteiger charge is 2.09. The fraction of sp³-hybridized carbons (Fsp3) is 0.250. The molecule has 4 nitrogen and oxygen atoms in total. The number of phenolic OH excluding ortho intramolecular Hbond substituents is 2. The Balaban J connectivity index is 2.97. The number of hydrogen-bond acceptors (Lipinski definition) is 3. The van der Waals surface area contributed by atoms with Crippen molar-refractivity contribution in [2.24, 2.45) is 7.05 Å². The van der Waals surface area contributed by atoms with Crippen LogP contribution >= 0.6 is 0 Å². The predicted octanol–water partition coefficient (Wildman–Crippen LogP) is 1.51. The molecule has 0 fully saturated rings. The predicted molar refractivity (Wildman–Crippen MR) is 61.9 cm³/mol. The molecule has 84 valence electrons. The van der Waals surface area contributed by atoms with Gasteiger partial charge < -0.3 is 14.8 Å². The zero-order valence-corrected chi connectivity index (χ0v) is 9.19. The summed E-state index contributed by atoms with van der Waals surface area (Å²) in [5.74, 6) is -0.482. The molecule has 1 aromatic heterocycles. The summed E-state index contributed by atoms with van der Waals surface area (Å²) in [5, 5.41) is 19.2. The van der Waals surface area contributed by atoms with E-state index in [2.05, 4.69) is 0 Å². The van der Waals surface area contributed by atoms with E-state index in [4.69, 9.17) is 0 Å². The molecular weight excluding hydrogens is 206 g/mol. The maximum absolute atomic E-state index is 12.0. The Labute approximate surface area is 92.4 Å². The highest BCUT2D eigenvalue weighted by Crippen LogP contribution is 2.28. The van der Waals surface area contributed by atoms with Crippen molar-refractivity contribution >= 4 is 10.9 Å². The summed E-state index contributed by atoms with van der Waals surface area (Å²) in [6.45, 7) is 1.91. The van der Waals surface area contributed by atoms with Gasteiger partial charge in [-0.05, 0) is 12.5 Å². The lowest BCUT2D eigenvalue weighted by Gasteiger charge is -2.09. The molecule has 2 N–H and O–H groups in total. The highest BCUT2D eigenvalue weighted by atomic mass is 16.3. The Morgan fingerprint density at radius 2 is 1.88 bits per heavy atom. The van der Waals surface area contributed by atoms with Gasteiger partial charge in [0.05, 0.1) is 5.52 Å². The Bertz CT molecular complexity index is 614. The van der Waals surface area contributed by atoms with Gasteiger partial charge in [-0.1, -0.05) is 6.92 Å². The van der Waals surface area contributed by atoms with Gasteiger partial charge in [0.2, 0.25) is 0 Å². The van der Waals surface area contributed by atoms with Crippen molar-refractivity contribution in [3.05, 3.63) is 34.1 Å². The van der Waals surface area contributed by atoms with Crippen molar-refractivity contribution in [2.75, 3.05) is 0 Å². The van der Waals surface area contributed by atoms with Crippen molar-refractivity contribution in [2.45, 2.75) is 13.3 Å². The van der Waals surface area contributed by atoms with Gasteiger partial charge >= 0.3 is 0 Å². The van der Waals surface area contributed by atoms with E-state index in [1.54, 1.807) is 17.8 Å². The van der Waals surface area contributed by atoms with E-state index in [9.17, 15) is 15.0 Å². The topological polar surface area (TPSA) is 62.5 Å². The van der Waals surface area contributed by atoms with E-state index >= 15 is 0 Å². The third-order valence-corrected chi connectivity index (χ3v) is 2.74. The maximum atomic E-state index is 12.0. The standard InChI is InChI=1S/C12H13NO3/c1-3-7-6-13(2)9-5-11(15)10(14)4-8(9)12(7)16/h4-6,14-15H,3H2,1-2H3. The summed E-state index contributed by atoms with van der Waals surface area (Å²) in [6.07, 6.45) is 2.39. The van der Waals surface area contributed by atoms with Crippen LogP contribution in [0, 0.1) is 0 Å². The van der Waals surface area contributed by atoms with Crippen molar-refractivity contribution in [3.8, 4) is 11.5 Å². The summed E-state index contributed by atoms with van der Waals surface area (Å²) >= 11 is 0. The molecule has 2 rings (SSSR count).